The van der Waals surface area contributed by atoms with Crippen LogP contribution < -0.4 is 4.74 Å². The standard InChI is InChI=1S/C21H18ClN3O/c1-26-17-9-7-15(8-10-17)13-25-14-24-20-18(11-22)19(12-23-21(20)25)16-5-3-2-4-6-16/h2-10,12,14H,11,13H2,1H3. The van der Waals surface area contributed by atoms with Gasteiger partial charge in [-0.2, -0.15) is 0 Å². The number of rotatable bonds is 5. The Kier molecular flexibility index (Phi) is 4.59. The first kappa shape index (κ1) is 16.6. The van der Waals surface area contributed by atoms with Crippen molar-refractivity contribution in [3.05, 3.63) is 78.2 Å². The van der Waals surface area contributed by atoms with Crippen molar-refractivity contribution in [3.63, 3.8) is 0 Å². The summed E-state index contributed by atoms with van der Waals surface area (Å²) in [5, 5.41) is 0. The number of fused-ring (bicyclic) bond motifs is 1. The van der Waals surface area contributed by atoms with Gasteiger partial charge in [0, 0.05) is 17.3 Å². The van der Waals surface area contributed by atoms with Crippen molar-refractivity contribution in [1.29, 1.82) is 0 Å². The maximum atomic E-state index is 6.27. The summed E-state index contributed by atoms with van der Waals surface area (Å²) in [6.07, 6.45) is 3.72. The topological polar surface area (TPSA) is 39.9 Å². The van der Waals surface area contributed by atoms with Crippen LogP contribution in [0.15, 0.2) is 67.1 Å². The van der Waals surface area contributed by atoms with Gasteiger partial charge in [-0.15, -0.1) is 11.6 Å². The molecule has 4 rings (SSSR count). The van der Waals surface area contributed by atoms with Gasteiger partial charge in [0.05, 0.1) is 25.9 Å². The largest absolute Gasteiger partial charge is 0.497 e. The monoisotopic (exact) mass is 363 g/mol. The van der Waals surface area contributed by atoms with Gasteiger partial charge in [-0.1, -0.05) is 42.5 Å². The van der Waals surface area contributed by atoms with Crippen LogP contribution in [-0.2, 0) is 12.4 Å². The molecule has 0 spiro atoms. The fourth-order valence-corrected chi connectivity index (χ4v) is 3.37. The molecule has 0 saturated carbocycles. The molecule has 130 valence electrons. The average Bonchev–Trinajstić information content (AvgIpc) is 3.11. The summed E-state index contributed by atoms with van der Waals surface area (Å²) in [5.41, 5.74) is 6.00. The van der Waals surface area contributed by atoms with E-state index in [-0.39, 0.29) is 0 Å². The Labute approximate surface area is 157 Å². The average molecular weight is 364 g/mol. The Morgan fingerprint density at radius 2 is 1.77 bits per heavy atom. The van der Waals surface area contributed by atoms with Gasteiger partial charge in [0.25, 0.3) is 0 Å². The highest BCUT2D eigenvalue weighted by atomic mass is 35.5. The van der Waals surface area contributed by atoms with Crippen LogP contribution in [0.5, 0.6) is 5.75 Å². The van der Waals surface area contributed by atoms with Gasteiger partial charge in [-0.25, -0.2) is 9.97 Å². The molecule has 4 nitrogen and oxygen atoms in total. The smallest absolute Gasteiger partial charge is 0.160 e. The van der Waals surface area contributed by atoms with Crippen LogP contribution in [0.25, 0.3) is 22.3 Å². The quantitative estimate of drug-likeness (QED) is 0.474. The zero-order valence-corrected chi connectivity index (χ0v) is 15.1. The molecular formula is C21H18ClN3O. The Morgan fingerprint density at radius 1 is 1.00 bits per heavy atom. The lowest BCUT2D eigenvalue weighted by atomic mass is 10.0. The molecule has 0 bridgehead atoms. The minimum absolute atomic E-state index is 0.392. The van der Waals surface area contributed by atoms with Crippen LogP contribution in [-0.4, -0.2) is 21.6 Å². The highest BCUT2D eigenvalue weighted by molar-refractivity contribution is 6.18. The molecule has 0 radical (unpaired) electrons. The highest BCUT2D eigenvalue weighted by Crippen LogP contribution is 2.29. The lowest BCUT2D eigenvalue weighted by Gasteiger charge is -2.09. The number of methoxy groups -OCH3 is 1. The van der Waals surface area contributed by atoms with Gasteiger partial charge in [0.15, 0.2) is 5.65 Å². The number of alkyl halides is 1. The van der Waals surface area contributed by atoms with E-state index >= 15 is 0 Å². The first-order chi connectivity index (χ1) is 12.8. The van der Waals surface area contributed by atoms with Crippen molar-refractivity contribution >= 4 is 22.8 Å². The summed E-state index contributed by atoms with van der Waals surface area (Å²) in [6.45, 7) is 0.694. The number of nitrogens with zero attached hydrogens (tertiary/aromatic N) is 3. The van der Waals surface area contributed by atoms with E-state index in [2.05, 4.69) is 22.1 Å². The number of hydrogen-bond acceptors (Lipinski definition) is 3. The molecule has 0 atom stereocenters. The number of pyridine rings is 1. The zero-order valence-electron chi connectivity index (χ0n) is 14.4. The van der Waals surface area contributed by atoms with Gasteiger partial charge < -0.3 is 9.30 Å². The third-order valence-corrected chi connectivity index (χ3v) is 4.73. The predicted octanol–water partition coefficient (Wildman–Crippen LogP) is 4.89. The Balaban J connectivity index is 1.74. The van der Waals surface area contributed by atoms with Crippen LogP contribution >= 0.6 is 11.6 Å². The molecule has 0 saturated heterocycles. The van der Waals surface area contributed by atoms with E-state index in [1.54, 1.807) is 7.11 Å². The minimum atomic E-state index is 0.392. The molecule has 2 heterocycles. The minimum Gasteiger partial charge on any atom is -0.497 e. The van der Waals surface area contributed by atoms with Crippen LogP contribution in [0.2, 0.25) is 0 Å². The molecular weight excluding hydrogens is 346 g/mol. The molecule has 2 aromatic heterocycles. The number of ether oxygens (including phenoxy) is 1. The number of hydrogen-bond donors (Lipinski definition) is 0. The van der Waals surface area contributed by atoms with Gasteiger partial charge in [0.2, 0.25) is 0 Å². The van der Waals surface area contributed by atoms with Gasteiger partial charge in [0.1, 0.15) is 11.3 Å². The van der Waals surface area contributed by atoms with Crippen LogP contribution in [0, 0.1) is 0 Å². The Hall–Kier alpha value is -2.85. The molecule has 0 N–H and O–H groups in total. The zero-order chi connectivity index (χ0) is 17.9. The van der Waals surface area contributed by atoms with Crippen molar-refractivity contribution in [2.45, 2.75) is 12.4 Å². The fourth-order valence-electron chi connectivity index (χ4n) is 3.10. The van der Waals surface area contributed by atoms with Crippen molar-refractivity contribution < 1.29 is 4.74 Å². The van der Waals surface area contributed by atoms with Crippen molar-refractivity contribution in [2.24, 2.45) is 0 Å². The summed E-state index contributed by atoms with van der Waals surface area (Å²) < 4.78 is 7.26. The van der Waals surface area contributed by atoms with E-state index in [0.29, 0.717) is 12.4 Å². The second-order valence-corrected chi connectivity index (χ2v) is 6.31. The molecule has 0 unspecified atom stereocenters. The second-order valence-electron chi connectivity index (χ2n) is 6.04. The highest BCUT2D eigenvalue weighted by Gasteiger charge is 2.14. The van der Waals surface area contributed by atoms with Crippen LogP contribution in [0.3, 0.4) is 0 Å². The first-order valence-corrected chi connectivity index (χ1v) is 8.90. The Bertz CT molecular complexity index is 1030. The number of aromatic nitrogens is 3. The second kappa shape index (κ2) is 7.18. The lowest BCUT2D eigenvalue weighted by molar-refractivity contribution is 0.414. The first-order valence-electron chi connectivity index (χ1n) is 8.37. The van der Waals surface area contributed by atoms with Crippen LogP contribution in [0.1, 0.15) is 11.1 Å². The third kappa shape index (κ3) is 3.04. The molecule has 0 aliphatic carbocycles. The summed E-state index contributed by atoms with van der Waals surface area (Å²) in [6, 6.07) is 18.2. The van der Waals surface area contributed by atoms with E-state index in [0.717, 1.165) is 39.2 Å². The van der Waals surface area contributed by atoms with E-state index < -0.39 is 0 Å². The lowest BCUT2D eigenvalue weighted by Crippen LogP contribution is -2.00. The number of imidazole rings is 1. The van der Waals surface area contributed by atoms with Gasteiger partial charge in [-0.05, 0) is 23.3 Å². The van der Waals surface area contributed by atoms with Crippen molar-refractivity contribution in [2.75, 3.05) is 7.11 Å². The normalized spacial score (nSPS) is 11.0. The van der Waals surface area contributed by atoms with E-state index in [4.69, 9.17) is 16.3 Å². The number of halogens is 1. The molecule has 26 heavy (non-hydrogen) atoms. The predicted molar refractivity (Wildman–Crippen MR) is 105 cm³/mol. The van der Waals surface area contributed by atoms with E-state index in [1.807, 2.05) is 59.6 Å². The van der Waals surface area contributed by atoms with Crippen molar-refractivity contribution in [1.82, 2.24) is 14.5 Å². The fraction of sp³-hybridized carbons (Fsp3) is 0.143. The summed E-state index contributed by atoms with van der Waals surface area (Å²) >= 11 is 6.27. The maximum Gasteiger partial charge on any atom is 0.160 e. The molecule has 2 aromatic carbocycles. The van der Waals surface area contributed by atoms with Crippen molar-refractivity contribution in [3.8, 4) is 16.9 Å². The summed E-state index contributed by atoms with van der Waals surface area (Å²) in [4.78, 5) is 9.27. The summed E-state index contributed by atoms with van der Waals surface area (Å²) in [5.74, 6) is 1.24. The maximum absolute atomic E-state index is 6.27. The van der Waals surface area contributed by atoms with E-state index in [9.17, 15) is 0 Å². The molecule has 0 fully saturated rings. The third-order valence-electron chi connectivity index (χ3n) is 4.47. The molecule has 0 aliphatic heterocycles. The summed E-state index contributed by atoms with van der Waals surface area (Å²) in [7, 11) is 1.67. The van der Waals surface area contributed by atoms with Crippen LogP contribution in [0.4, 0.5) is 0 Å². The molecule has 0 amide bonds. The molecule has 5 heteroatoms. The Morgan fingerprint density at radius 3 is 2.46 bits per heavy atom. The van der Waals surface area contributed by atoms with Gasteiger partial charge >= 0.3 is 0 Å². The van der Waals surface area contributed by atoms with Gasteiger partial charge in [-0.3, -0.25) is 0 Å². The van der Waals surface area contributed by atoms with E-state index in [1.165, 1.54) is 0 Å². The molecule has 0 aliphatic rings. The number of benzene rings is 2. The molecule has 4 aromatic rings. The SMILES string of the molecule is COc1ccc(Cn2cnc3c(CCl)c(-c4ccccc4)cnc32)cc1.